The maximum Gasteiger partial charge on any atom is 0.146 e. The maximum absolute atomic E-state index is 13.4. The van der Waals surface area contributed by atoms with Crippen molar-refractivity contribution >= 4 is 11.3 Å². The van der Waals surface area contributed by atoms with Crippen LogP contribution in [0.4, 0.5) is 4.39 Å². The van der Waals surface area contributed by atoms with Crippen molar-refractivity contribution in [1.29, 1.82) is 0 Å². The molecule has 2 aromatic rings. The number of rotatable bonds is 2. The van der Waals surface area contributed by atoms with Gasteiger partial charge in [-0.15, -0.1) is 11.3 Å². The third-order valence-electron chi connectivity index (χ3n) is 2.08. The van der Waals surface area contributed by atoms with Crippen molar-refractivity contribution in [1.82, 2.24) is 9.97 Å². The van der Waals surface area contributed by atoms with E-state index in [0.29, 0.717) is 5.56 Å². The average Bonchev–Trinajstić information content (AvgIpc) is 2.65. The number of halogens is 1. The summed E-state index contributed by atoms with van der Waals surface area (Å²) in [4.78, 5) is 8.64. The van der Waals surface area contributed by atoms with Crippen LogP contribution in [0.2, 0.25) is 0 Å². The summed E-state index contributed by atoms with van der Waals surface area (Å²) >= 11 is 1.48. The molecule has 1 atom stereocenters. The molecule has 0 aromatic carbocycles. The lowest BCUT2D eigenvalue weighted by Gasteiger charge is -2.09. The number of nitrogens with two attached hydrogens (primary N) is 1. The Hall–Kier alpha value is -1.33. The van der Waals surface area contributed by atoms with Crippen molar-refractivity contribution in [2.75, 3.05) is 0 Å². The first kappa shape index (κ1) is 10.2. The second-order valence-electron chi connectivity index (χ2n) is 3.16. The highest BCUT2D eigenvalue weighted by atomic mass is 32.1. The van der Waals surface area contributed by atoms with Gasteiger partial charge < -0.3 is 5.73 Å². The van der Waals surface area contributed by atoms with Crippen LogP contribution in [-0.4, -0.2) is 9.97 Å². The number of nitrogens with zero attached hydrogens (tertiary/aromatic N) is 2. The molecule has 5 heteroatoms. The molecule has 0 spiro atoms. The van der Waals surface area contributed by atoms with Crippen LogP contribution in [0.5, 0.6) is 0 Å². The molecule has 0 aliphatic heterocycles. The number of aryl methyl sites for hydroxylation is 1. The van der Waals surface area contributed by atoms with E-state index in [9.17, 15) is 4.39 Å². The van der Waals surface area contributed by atoms with Crippen molar-refractivity contribution in [3.8, 4) is 0 Å². The Morgan fingerprint density at radius 2 is 2.27 bits per heavy atom. The van der Waals surface area contributed by atoms with Gasteiger partial charge in [-0.05, 0) is 13.0 Å². The number of pyridine rings is 1. The molecule has 2 aromatic heterocycles. The molecule has 0 fully saturated rings. The predicted octanol–water partition coefficient (Wildman–Crippen LogP) is 2.03. The molecule has 0 amide bonds. The van der Waals surface area contributed by atoms with Crippen molar-refractivity contribution < 1.29 is 4.39 Å². The first-order chi connectivity index (χ1) is 7.18. The monoisotopic (exact) mass is 223 g/mol. The molecule has 0 aliphatic rings. The number of hydrogen-bond acceptors (Lipinski definition) is 4. The quantitative estimate of drug-likeness (QED) is 0.847. The van der Waals surface area contributed by atoms with Gasteiger partial charge in [0.25, 0.3) is 0 Å². The Morgan fingerprint density at radius 3 is 2.87 bits per heavy atom. The van der Waals surface area contributed by atoms with E-state index in [1.807, 2.05) is 6.92 Å². The van der Waals surface area contributed by atoms with Gasteiger partial charge >= 0.3 is 0 Å². The van der Waals surface area contributed by atoms with Crippen LogP contribution in [0.15, 0.2) is 24.7 Å². The highest BCUT2D eigenvalue weighted by Crippen LogP contribution is 2.25. The first-order valence-electron chi connectivity index (χ1n) is 4.46. The standard InChI is InChI=1S/C10H10FN3S/c1-6-14-5-9(15-6)10(12)7-2-3-13-4-8(7)11/h2-5,10H,12H2,1H3. The molecule has 0 saturated heterocycles. The van der Waals surface area contributed by atoms with Gasteiger partial charge in [0.2, 0.25) is 0 Å². The van der Waals surface area contributed by atoms with Crippen LogP contribution in [0, 0.1) is 12.7 Å². The summed E-state index contributed by atoms with van der Waals surface area (Å²) in [6.45, 7) is 1.89. The van der Waals surface area contributed by atoms with Crippen LogP contribution in [0.1, 0.15) is 21.5 Å². The van der Waals surface area contributed by atoms with Gasteiger partial charge in [0.05, 0.1) is 17.2 Å². The zero-order valence-corrected chi connectivity index (χ0v) is 8.96. The fourth-order valence-corrected chi connectivity index (χ4v) is 2.12. The Morgan fingerprint density at radius 1 is 1.47 bits per heavy atom. The average molecular weight is 223 g/mol. The van der Waals surface area contributed by atoms with Crippen LogP contribution >= 0.6 is 11.3 Å². The van der Waals surface area contributed by atoms with Gasteiger partial charge in [-0.25, -0.2) is 9.37 Å². The summed E-state index contributed by atoms with van der Waals surface area (Å²) in [5.41, 5.74) is 6.39. The molecule has 1 unspecified atom stereocenters. The molecule has 15 heavy (non-hydrogen) atoms. The van der Waals surface area contributed by atoms with E-state index in [1.165, 1.54) is 23.7 Å². The van der Waals surface area contributed by atoms with Crippen LogP contribution in [0.3, 0.4) is 0 Å². The van der Waals surface area contributed by atoms with Crippen molar-refractivity contribution in [3.05, 3.63) is 45.9 Å². The highest BCUT2D eigenvalue weighted by molar-refractivity contribution is 7.11. The molecular formula is C10H10FN3S. The van der Waals surface area contributed by atoms with Crippen LogP contribution < -0.4 is 5.73 Å². The van der Waals surface area contributed by atoms with Crippen LogP contribution in [-0.2, 0) is 0 Å². The third-order valence-corrected chi connectivity index (χ3v) is 3.08. The summed E-state index contributed by atoms with van der Waals surface area (Å²) in [5, 5.41) is 0.926. The normalized spacial score (nSPS) is 12.7. The SMILES string of the molecule is Cc1ncc(C(N)c2ccncc2F)s1. The summed E-state index contributed by atoms with van der Waals surface area (Å²) in [7, 11) is 0. The summed E-state index contributed by atoms with van der Waals surface area (Å²) < 4.78 is 13.4. The van der Waals surface area contributed by atoms with Crippen molar-refractivity contribution in [3.63, 3.8) is 0 Å². The van der Waals surface area contributed by atoms with Gasteiger partial charge in [0, 0.05) is 22.8 Å². The molecule has 0 radical (unpaired) electrons. The Bertz CT molecular complexity index is 469. The highest BCUT2D eigenvalue weighted by Gasteiger charge is 2.15. The topological polar surface area (TPSA) is 51.8 Å². The predicted molar refractivity (Wildman–Crippen MR) is 57.1 cm³/mol. The van der Waals surface area contributed by atoms with Crippen LogP contribution in [0.25, 0.3) is 0 Å². The minimum atomic E-state index is -0.459. The van der Waals surface area contributed by atoms with E-state index in [1.54, 1.807) is 12.3 Å². The van der Waals surface area contributed by atoms with Gasteiger partial charge in [-0.1, -0.05) is 0 Å². The number of hydrogen-bond donors (Lipinski definition) is 1. The smallest absolute Gasteiger partial charge is 0.146 e. The number of thiazole rings is 1. The molecule has 2 rings (SSSR count). The van der Waals surface area contributed by atoms with E-state index in [2.05, 4.69) is 9.97 Å². The first-order valence-corrected chi connectivity index (χ1v) is 5.27. The second-order valence-corrected chi connectivity index (χ2v) is 4.42. The van der Waals surface area contributed by atoms with Crippen molar-refractivity contribution in [2.45, 2.75) is 13.0 Å². The Labute approximate surface area is 90.8 Å². The Balaban J connectivity index is 2.36. The molecule has 2 heterocycles. The molecule has 0 bridgehead atoms. The fourth-order valence-electron chi connectivity index (χ4n) is 1.31. The molecule has 2 N–H and O–H groups in total. The minimum Gasteiger partial charge on any atom is -0.319 e. The zero-order valence-electron chi connectivity index (χ0n) is 8.14. The van der Waals surface area contributed by atoms with Gasteiger partial charge in [-0.3, -0.25) is 4.98 Å². The zero-order chi connectivity index (χ0) is 10.8. The maximum atomic E-state index is 13.4. The van der Waals surface area contributed by atoms with Gasteiger partial charge in [0.15, 0.2) is 0 Å². The summed E-state index contributed by atoms with van der Waals surface area (Å²) in [5.74, 6) is -0.379. The van der Waals surface area contributed by atoms with E-state index in [4.69, 9.17) is 5.73 Å². The van der Waals surface area contributed by atoms with E-state index < -0.39 is 6.04 Å². The van der Waals surface area contributed by atoms with E-state index in [0.717, 1.165) is 9.88 Å². The lowest BCUT2D eigenvalue weighted by Crippen LogP contribution is -2.12. The Kier molecular flexibility index (Phi) is 2.75. The summed E-state index contributed by atoms with van der Waals surface area (Å²) in [6, 6.07) is 1.13. The van der Waals surface area contributed by atoms with E-state index in [-0.39, 0.29) is 5.82 Å². The summed E-state index contributed by atoms with van der Waals surface area (Å²) in [6.07, 6.45) is 4.39. The number of aromatic nitrogens is 2. The van der Waals surface area contributed by atoms with E-state index >= 15 is 0 Å². The van der Waals surface area contributed by atoms with Crippen molar-refractivity contribution in [2.24, 2.45) is 5.73 Å². The fraction of sp³-hybridized carbons (Fsp3) is 0.200. The third kappa shape index (κ3) is 2.03. The lowest BCUT2D eigenvalue weighted by atomic mass is 10.1. The molecule has 0 aliphatic carbocycles. The molecule has 0 saturated carbocycles. The lowest BCUT2D eigenvalue weighted by molar-refractivity contribution is 0.594. The molecule has 78 valence electrons. The largest absolute Gasteiger partial charge is 0.319 e. The second kappa shape index (κ2) is 4.04. The molecular weight excluding hydrogens is 213 g/mol. The molecule has 3 nitrogen and oxygen atoms in total. The van der Waals surface area contributed by atoms with Gasteiger partial charge in [-0.2, -0.15) is 0 Å². The minimum absolute atomic E-state index is 0.379. The van der Waals surface area contributed by atoms with Gasteiger partial charge in [0.1, 0.15) is 5.82 Å².